The van der Waals surface area contributed by atoms with Crippen LogP contribution in [0, 0.1) is 12.8 Å². The zero-order valence-corrected chi connectivity index (χ0v) is 19.7. The van der Waals surface area contributed by atoms with Gasteiger partial charge in [0.05, 0.1) is 18.0 Å². The highest BCUT2D eigenvalue weighted by Crippen LogP contribution is 2.45. The zero-order chi connectivity index (χ0) is 23.4. The molecule has 3 aromatic carbocycles. The number of carbonyl (C=O) groups excluding carboxylic acids is 1. The van der Waals surface area contributed by atoms with Gasteiger partial charge in [0.15, 0.2) is 0 Å². The fraction of sp³-hybridized carbons (Fsp3) is 0.296. The summed E-state index contributed by atoms with van der Waals surface area (Å²) in [4.78, 5) is 12.6. The minimum absolute atomic E-state index is 0.0467. The van der Waals surface area contributed by atoms with Gasteiger partial charge in [-0.05, 0) is 42.5 Å². The van der Waals surface area contributed by atoms with E-state index in [9.17, 15) is 13.2 Å². The van der Waals surface area contributed by atoms with Gasteiger partial charge in [-0.2, -0.15) is 4.31 Å². The molecule has 33 heavy (non-hydrogen) atoms. The zero-order valence-electron chi connectivity index (χ0n) is 18.9. The Balaban J connectivity index is 1.80. The van der Waals surface area contributed by atoms with E-state index in [0.717, 1.165) is 16.7 Å². The number of sulfonamides is 1. The van der Waals surface area contributed by atoms with Crippen molar-refractivity contribution in [3.05, 3.63) is 102 Å². The molecule has 0 aromatic heterocycles. The van der Waals surface area contributed by atoms with E-state index in [1.807, 2.05) is 79.7 Å². The molecule has 0 amide bonds. The van der Waals surface area contributed by atoms with Crippen LogP contribution in [0.1, 0.15) is 41.5 Å². The summed E-state index contributed by atoms with van der Waals surface area (Å²) < 4.78 is 34.4. The van der Waals surface area contributed by atoms with Crippen molar-refractivity contribution in [2.24, 2.45) is 5.92 Å². The van der Waals surface area contributed by atoms with Crippen molar-refractivity contribution in [3.8, 4) is 0 Å². The number of nitrogens with zero attached hydrogens (tertiary/aromatic N) is 1. The van der Waals surface area contributed by atoms with Crippen LogP contribution in [0.2, 0.25) is 0 Å². The Labute approximate surface area is 196 Å². The summed E-state index contributed by atoms with van der Waals surface area (Å²) >= 11 is 0. The third-order valence-corrected chi connectivity index (χ3v) is 8.40. The van der Waals surface area contributed by atoms with Gasteiger partial charge in [0.1, 0.15) is 0 Å². The predicted octanol–water partition coefficient (Wildman–Crippen LogP) is 5.09. The lowest BCUT2D eigenvalue weighted by atomic mass is 9.76. The summed E-state index contributed by atoms with van der Waals surface area (Å²) in [6, 6.07) is 26.2. The van der Waals surface area contributed by atoms with Crippen LogP contribution in [0.4, 0.5) is 0 Å². The van der Waals surface area contributed by atoms with Gasteiger partial charge >= 0.3 is 5.97 Å². The summed E-state index contributed by atoms with van der Waals surface area (Å²) in [6.07, 6.45) is 0.779. The van der Waals surface area contributed by atoms with E-state index in [2.05, 4.69) is 0 Å². The Morgan fingerprint density at radius 3 is 2.06 bits per heavy atom. The van der Waals surface area contributed by atoms with Crippen molar-refractivity contribution >= 4 is 16.0 Å². The summed E-state index contributed by atoms with van der Waals surface area (Å²) in [5.74, 6) is -0.442. The molecule has 1 aliphatic heterocycles. The summed E-state index contributed by atoms with van der Waals surface area (Å²) in [7, 11) is -2.36. The lowest BCUT2D eigenvalue weighted by molar-refractivity contribution is -0.142. The standard InChI is InChI=1S/C27H29NO4S/c1-20-13-15-24(16-14-20)33(30,31)28-19-25(21-9-5-3-6-10-21)23(18-27(29)32-2)17-26(28)22-11-7-4-8-12-22/h3-16,23,25-26H,17-19H2,1-2H3/t23-,25-,26-/m0/s1. The smallest absolute Gasteiger partial charge is 0.305 e. The van der Waals surface area contributed by atoms with Crippen molar-refractivity contribution in [2.75, 3.05) is 13.7 Å². The Morgan fingerprint density at radius 2 is 1.48 bits per heavy atom. The molecule has 0 bridgehead atoms. The summed E-state index contributed by atoms with van der Waals surface area (Å²) in [5, 5.41) is 0. The quantitative estimate of drug-likeness (QED) is 0.478. The van der Waals surface area contributed by atoms with Gasteiger partial charge < -0.3 is 4.74 Å². The number of benzene rings is 3. The van der Waals surface area contributed by atoms with Crippen LogP contribution in [0.15, 0.2) is 89.8 Å². The highest BCUT2D eigenvalue weighted by molar-refractivity contribution is 7.89. The lowest BCUT2D eigenvalue weighted by Gasteiger charge is -2.43. The van der Waals surface area contributed by atoms with Crippen LogP contribution in [0.5, 0.6) is 0 Å². The molecule has 0 spiro atoms. The van der Waals surface area contributed by atoms with Gasteiger partial charge in [0.2, 0.25) is 10.0 Å². The van der Waals surface area contributed by atoms with Crippen LogP contribution in [0.25, 0.3) is 0 Å². The number of methoxy groups -OCH3 is 1. The summed E-state index contributed by atoms with van der Waals surface area (Å²) in [6.45, 7) is 2.23. The fourth-order valence-corrected chi connectivity index (χ4v) is 6.38. The molecule has 4 rings (SSSR count). The monoisotopic (exact) mass is 463 g/mol. The first-order valence-electron chi connectivity index (χ1n) is 11.2. The number of hydrogen-bond acceptors (Lipinski definition) is 4. The maximum absolute atomic E-state index is 13.9. The van der Waals surface area contributed by atoms with Crippen LogP contribution < -0.4 is 0 Å². The first kappa shape index (κ1) is 23.2. The van der Waals surface area contributed by atoms with E-state index in [0.29, 0.717) is 13.0 Å². The Kier molecular flexibility index (Phi) is 6.96. The minimum Gasteiger partial charge on any atom is -0.469 e. The predicted molar refractivity (Wildman–Crippen MR) is 128 cm³/mol. The van der Waals surface area contributed by atoms with Crippen LogP contribution in [-0.4, -0.2) is 32.3 Å². The van der Waals surface area contributed by atoms with E-state index < -0.39 is 10.0 Å². The van der Waals surface area contributed by atoms with Crippen molar-refractivity contribution in [2.45, 2.75) is 36.6 Å². The number of carbonyl (C=O) groups is 1. The Morgan fingerprint density at radius 1 is 0.909 bits per heavy atom. The maximum atomic E-state index is 13.9. The highest BCUT2D eigenvalue weighted by Gasteiger charge is 2.43. The number of ether oxygens (including phenoxy) is 1. The molecule has 0 unspecified atom stereocenters. The van der Waals surface area contributed by atoms with Crippen molar-refractivity contribution in [1.29, 1.82) is 0 Å². The largest absolute Gasteiger partial charge is 0.469 e. The lowest BCUT2D eigenvalue weighted by Crippen LogP contribution is -2.45. The second-order valence-corrected chi connectivity index (χ2v) is 10.5. The molecule has 0 aliphatic carbocycles. The van der Waals surface area contributed by atoms with E-state index >= 15 is 0 Å². The van der Waals surface area contributed by atoms with Crippen LogP contribution in [0.3, 0.4) is 0 Å². The molecule has 1 aliphatic rings. The highest BCUT2D eigenvalue weighted by atomic mass is 32.2. The van der Waals surface area contributed by atoms with Gasteiger partial charge in [0.25, 0.3) is 0 Å². The van der Waals surface area contributed by atoms with E-state index in [-0.39, 0.29) is 35.2 Å². The first-order valence-corrected chi connectivity index (χ1v) is 12.6. The molecule has 1 fully saturated rings. The SMILES string of the molecule is COC(=O)C[C@@H]1C[C@@H](c2ccccc2)N(S(=O)(=O)c2ccc(C)cc2)C[C@H]1c1ccccc1. The molecule has 0 radical (unpaired) electrons. The second kappa shape index (κ2) is 9.89. The number of hydrogen-bond donors (Lipinski definition) is 0. The van der Waals surface area contributed by atoms with Gasteiger partial charge in [-0.3, -0.25) is 4.79 Å². The minimum atomic E-state index is -3.76. The molecule has 3 aromatic rings. The number of aryl methyl sites for hydroxylation is 1. The van der Waals surface area contributed by atoms with Crippen molar-refractivity contribution in [1.82, 2.24) is 4.31 Å². The second-order valence-electron chi connectivity index (χ2n) is 8.61. The first-order chi connectivity index (χ1) is 15.9. The normalized spacial score (nSPS) is 21.5. The van der Waals surface area contributed by atoms with E-state index in [1.54, 1.807) is 16.4 Å². The molecule has 5 nitrogen and oxygen atoms in total. The molecular weight excluding hydrogens is 434 g/mol. The molecule has 1 saturated heterocycles. The number of piperidine rings is 1. The van der Waals surface area contributed by atoms with E-state index in [1.165, 1.54) is 7.11 Å². The van der Waals surface area contributed by atoms with Crippen molar-refractivity contribution < 1.29 is 17.9 Å². The molecule has 0 saturated carbocycles. The van der Waals surface area contributed by atoms with E-state index in [4.69, 9.17) is 4.74 Å². The van der Waals surface area contributed by atoms with Gasteiger partial charge in [0, 0.05) is 18.9 Å². The van der Waals surface area contributed by atoms with Crippen LogP contribution in [-0.2, 0) is 19.6 Å². The number of rotatable bonds is 6. The maximum Gasteiger partial charge on any atom is 0.305 e. The molecule has 172 valence electrons. The molecular formula is C27H29NO4S. The fourth-order valence-electron chi connectivity index (χ4n) is 4.73. The summed E-state index contributed by atoms with van der Waals surface area (Å²) in [5.41, 5.74) is 2.96. The van der Waals surface area contributed by atoms with Crippen LogP contribution >= 0.6 is 0 Å². The van der Waals surface area contributed by atoms with Gasteiger partial charge in [-0.1, -0.05) is 78.4 Å². The number of esters is 1. The Bertz CT molecular complexity index is 1180. The molecule has 0 N–H and O–H groups in total. The van der Waals surface area contributed by atoms with Crippen molar-refractivity contribution in [3.63, 3.8) is 0 Å². The van der Waals surface area contributed by atoms with Gasteiger partial charge in [-0.25, -0.2) is 8.42 Å². The topological polar surface area (TPSA) is 63.7 Å². The molecule has 6 heteroatoms. The Hall–Kier alpha value is -2.96. The average molecular weight is 464 g/mol. The molecule has 3 atom stereocenters. The molecule has 1 heterocycles. The average Bonchev–Trinajstić information content (AvgIpc) is 2.85. The third kappa shape index (κ3) is 5.02. The van der Waals surface area contributed by atoms with Gasteiger partial charge in [-0.15, -0.1) is 0 Å². The third-order valence-electron chi connectivity index (χ3n) is 6.52.